The van der Waals surface area contributed by atoms with E-state index in [0.717, 1.165) is 22.6 Å². The van der Waals surface area contributed by atoms with Gasteiger partial charge in [-0.05, 0) is 44.0 Å². The molecule has 1 aliphatic rings. The van der Waals surface area contributed by atoms with Gasteiger partial charge in [0.25, 0.3) is 0 Å². The number of imidazole rings is 1. The van der Waals surface area contributed by atoms with Crippen molar-refractivity contribution in [3.05, 3.63) is 48.0 Å². The highest BCUT2D eigenvalue weighted by atomic mass is 15.1. The number of para-hydroxylation sites is 2. The van der Waals surface area contributed by atoms with Gasteiger partial charge in [0.1, 0.15) is 5.82 Å². The van der Waals surface area contributed by atoms with Crippen LogP contribution in [0.1, 0.15) is 24.4 Å². The Labute approximate surface area is 118 Å². The van der Waals surface area contributed by atoms with Crippen molar-refractivity contribution in [2.75, 3.05) is 5.73 Å². The lowest BCUT2D eigenvalue weighted by Crippen LogP contribution is -2.00. The molecule has 0 saturated heterocycles. The van der Waals surface area contributed by atoms with Crippen molar-refractivity contribution in [2.45, 2.75) is 25.8 Å². The Morgan fingerprint density at radius 1 is 1.15 bits per heavy atom. The zero-order valence-electron chi connectivity index (χ0n) is 11.5. The van der Waals surface area contributed by atoms with E-state index in [4.69, 9.17) is 10.7 Å². The molecule has 100 valence electrons. The quantitative estimate of drug-likeness (QED) is 0.712. The molecular weight excluding hydrogens is 246 g/mol. The Hall–Kier alpha value is -2.29. The minimum atomic E-state index is 0.581. The molecule has 3 aromatic rings. The number of hydrogen-bond donors (Lipinski definition) is 1. The van der Waals surface area contributed by atoms with Gasteiger partial charge in [-0.2, -0.15) is 0 Å². The maximum atomic E-state index is 6.18. The summed E-state index contributed by atoms with van der Waals surface area (Å²) in [5, 5.41) is 0. The first-order valence-electron chi connectivity index (χ1n) is 7.07. The molecule has 1 aromatic heterocycles. The molecule has 4 rings (SSSR count). The minimum absolute atomic E-state index is 0.581. The zero-order chi connectivity index (χ0) is 13.7. The molecule has 2 N–H and O–H groups in total. The monoisotopic (exact) mass is 263 g/mol. The second-order valence-corrected chi connectivity index (χ2v) is 5.62. The molecule has 0 unspecified atom stereocenters. The lowest BCUT2D eigenvalue weighted by molar-refractivity contribution is 0.775. The van der Waals surface area contributed by atoms with Crippen molar-refractivity contribution >= 4 is 16.7 Å². The van der Waals surface area contributed by atoms with Gasteiger partial charge in [-0.15, -0.1) is 0 Å². The van der Waals surface area contributed by atoms with Gasteiger partial charge >= 0.3 is 0 Å². The Morgan fingerprint density at radius 3 is 2.75 bits per heavy atom. The lowest BCUT2D eigenvalue weighted by Gasteiger charge is -2.10. The standard InChI is InChI=1S/C17H17N3/c1-11-6-9-14(18)13(10-11)17-19-15-4-2-3-5-16(15)20(17)12-7-8-12/h2-6,9-10,12H,7-8,18H2,1H3. The van der Waals surface area contributed by atoms with Crippen LogP contribution in [0.2, 0.25) is 0 Å². The van der Waals surface area contributed by atoms with Crippen LogP contribution in [0.4, 0.5) is 5.69 Å². The van der Waals surface area contributed by atoms with Gasteiger partial charge in [0.15, 0.2) is 0 Å². The summed E-state index contributed by atoms with van der Waals surface area (Å²) in [6.07, 6.45) is 2.47. The van der Waals surface area contributed by atoms with Crippen molar-refractivity contribution in [3.63, 3.8) is 0 Å². The first-order valence-corrected chi connectivity index (χ1v) is 7.07. The fourth-order valence-electron chi connectivity index (χ4n) is 2.80. The number of aromatic nitrogens is 2. The predicted molar refractivity (Wildman–Crippen MR) is 82.6 cm³/mol. The molecule has 0 bridgehead atoms. The lowest BCUT2D eigenvalue weighted by atomic mass is 10.1. The molecule has 3 heteroatoms. The van der Waals surface area contributed by atoms with E-state index in [9.17, 15) is 0 Å². The van der Waals surface area contributed by atoms with Gasteiger partial charge in [0.2, 0.25) is 0 Å². The summed E-state index contributed by atoms with van der Waals surface area (Å²) in [5.41, 5.74) is 11.5. The minimum Gasteiger partial charge on any atom is -0.398 e. The van der Waals surface area contributed by atoms with Crippen molar-refractivity contribution in [3.8, 4) is 11.4 Å². The van der Waals surface area contributed by atoms with Gasteiger partial charge in [0.05, 0.1) is 11.0 Å². The molecule has 0 atom stereocenters. The van der Waals surface area contributed by atoms with E-state index in [2.05, 4.69) is 35.8 Å². The molecule has 2 aromatic carbocycles. The highest BCUT2D eigenvalue weighted by molar-refractivity contribution is 5.84. The van der Waals surface area contributed by atoms with E-state index >= 15 is 0 Å². The number of hydrogen-bond acceptors (Lipinski definition) is 2. The number of anilines is 1. The Morgan fingerprint density at radius 2 is 1.95 bits per heavy atom. The number of nitrogen functional groups attached to an aromatic ring is 1. The fraction of sp³-hybridized carbons (Fsp3) is 0.235. The Balaban J connectivity index is 2.03. The molecule has 20 heavy (non-hydrogen) atoms. The molecule has 1 fully saturated rings. The largest absolute Gasteiger partial charge is 0.398 e. The number of benzene rings is 2. The van der Waals surface area contributed by atoms with Gasteiger partial charge < -0.3 is 10.3 Å². The van der Waals surface area contributed by atoms with Gasteiger partial charge in [-0.1, -0.05) is 23.8 Å². The van der Waals surface area contributed by atoms with Gasteiger partial charge in [0, 0.05) is 17.3 Å². The SMILES string of the molecule is Cc1ccc(N)c(-c2nc3ccccc3n2C2CC2)c1. The van der Waals surface area contributed by atoms with Gasteiger partial charge in [-0.25, -0.2) is 4.98 Å². The summed E-state index contributed by atoms with van der Waals surface area (Å²) in [5.74, 6) is 1.01. The van der Waals surface area contributed by atoms with Crippen molar-refractivity contribution in [1.82, 2.24) is 9.55 Å². The molecule has 1 heterocycles. The number of nitrogens with zero attached hydrogens (tertiary/aromatic N) is 2. The fourth-order valence-corrected chi connectivity index (χ4v) is 2.80. The maximum Gasteiger partial charge on any atom is 0.143 e. The van der Waals surface area contributed by atoms with Crippen LogP contribution in [0.5, 0.6) is 0 Å². The van der Waals surface area contributed by atoms with Crippen LogP contribution in [0.3, 0.4) is 0 Å². The third-order valence-electron chi connectivity index (χ3n) is 3.96. The molecule has 3 nitrogen and oxygen atoms in total. The van der Waals surface area contributed by atoms with Crippen molar-refractivity contribution in [1.29, 1.82) is 0 Å². The molecule has 0 radical (unpaired) electrons. The van der Waals surface area contributed by atoms with E-state index in [-0.39, 0.29) is 0 Å². The number of rotatable bonds is 2. The average molecular weight is 263 g/mol. The normalized spacial score (nSPS) is 14.8. The average Bonchev–Trinajstić information content (AvgIpc) is 3.21. The second kappa shape index (κ2) is 4.10. The highest BCUT2D eigenvalue weighted by Gasteiger charge is 2.29. The molecule has 0 aliphatic heterocycles. The second-order valence-electron chi connectivity index (χ2n) is 5.62. The summed E-state index contributed by atoms with van der Waals surface area (Å²) >= 11 is 0. The molecule has 0 spiro atoms. The van der Waals surface area contributed by atoms with E-state index < -0.39 is 0 Å². The van der Waals surface area contributed by atoms with Crippen molar-refractivity contribution in [2.24, 2.45) is 0 Å². The summed E-state index contributed by atoms with van der Waals surface area (Å²) in [7, 11) is 0. The molecule has 1 aliphatic carbocycles. The maximum absolute atomic E-state index is 6.18. The van der Waals surface area contributed by atoms with Crippen LogP contribution >= 0.6 is 0 Å². The highest BCUT2D eigenvalue weighted by Crippen LogP contribution is 2.42. The molecular formula is C17H17N3. The van der Waals surface area contributed by atoms with Gasteiger partial charge in [-0.3, -0.25) is 0 Å². The van der Waals surface area contributed by atoms with E-state index in [1.165, 1.54) is 23.9 Å². The van der Waals surface area contributed by atoms with E-state index in [1.54, 1.807) is 0 Å². The van der Waals surface area contributed by atoms with E-state index in [1.807, 2.05) is 18.2 Å². The number of nitrogens with two attached hydrogens (primary N) is 1. The Kier molecular flexibility index (Phi) is 2.36. The third kappa shape index (κ3) is 1.70. The van der Waals surface area contributed by atoms with Crippen molar-refractivity contribution < 1.29 is 0 Å². The van der Waals surface area contributed by atoms with Crippen LogP contribution < -0.4 is 5.73 Å². The van der Waals surface area contributed by atoms with Crippen LogP contribution in [-0.4, -0.2) is 9.55 Å². The first-order chi connectivity index (χ1) is 9.74. The van der Waals surface area contributed by atoms with Crippen LogP contribution in [0.25, 0.3) is 22.4 Å². The van der Waals surface area contributed by atoms with E-state index in [0.29, 0.717) is 6.04 Å². The Bertz CT molecular complexity index is 797. The van der Waals surface area contributed by atoms with Crippen LogP contribution in [0, 0.1) is 6.92 Å². The predicted octanol–water partition coefficient (Wildman–Crippen LogP) is 3.93. The van der Waals surface area contributed by atoms with Crippen LogP contribution in [0.15, 0.2) is 42.5 Å². The topological polar surface area (TPSA) is 43.8 Å². The summed E-state index contributed by atoms with van der Waals surface area (Å²) in [6, 6.07) is 15.1. The summed E-state index contributed by atoms with van der Waals surface area (Å²) < 4.78 is 2.36. The molecule has 0 amide bonds. The smallest absolute Gasteiger partial charge is 0.143 e. The number of fused-ring (bicyclic) bond motifs is 1. The summed E-state index contributed by atoms with van der Waals surface area (Å²) in [4.78, 5) is 4.83. The van der Waals surface area contributed by atoms with Crippen LogP contribution in [-0.2, 0) is 0 Å². The first kappa shape index (κ1) is 11.5. The number of aryl methyl sites for hydroxylation is 1. The third-order valence-corrected chi connectivity index (χ3v) is 3.96. The zero-order valence-corrected chi connectivity index (χ0v) is 11.5. The summed E-state index contributed by atoms with van der Waals surface area (Å²) in [6.45, 7) is 2.09. The molecule has 1 saturated carbocycles.